The summed E-state index contributed by atoms with van der Waals surface area (Å²) >= 11 is 3.54. The Bertz CT molecular complexity index is 1270. The standard InChI is InChI=1S/C28H33BrN4O3/c1-16(2)25(32-28(35)36-3)27(34)33-23-7-5-4-6-20(23)14-24(33)26-30-15-22(31-26)19-9-8-18-13-21(29)11-10-17(18)12-19/h8-13,15-16,20,23-25H,4-7,14H2,1-3H3,(H,30,31)(H,32,35)/t20-,23-,24-,25-/m0/s1. The number of alkyl carbamates (subject to hydrolysis) is 1. The van der Waals surface area contributed by atoms with Gasteiger partial charge in [0, 0.05) is 16.1 Å². The molecule has 2 fully saturated rings. The summed E-state index contributed by atoms with van der Waals surface area (Å²) in [5, 5.41) is 5.10. The summed E-state index contributed by atoms with van der Waals surface area (Å²) in [7, 11) is 1.32. The molecule has 2 amide bonds. The van der Waals surface area contributed by atoms with Gasteiger partial charge in [0.15, 0.2) is 0 Å². The second-order valence-electron chi connectivity index (χ2n) is 10.4. The van der Waals surface area contributed by atoms with Crippen LogP contribution in [-0.4, -0.2) is 46.1 Å². The molecule has 8 heteroatoms. The molecule has 2 aliphatic rings. The molecule has 2 N–H and O–H groups in total. The van der Waals surface area contributed by atoms with Crippen LogP contribution in [0, 0.1) is 11.8 Å². The summed E-state index contributed by atoms with van der Waals surface area (Å²) in [6, 6.07) is 12.0. The molecule has 1 aliphatic carbocycles. The molecule has 0 unspecified atom stereocenters. The molecule has 4 atom stereocenters. The van der Waals surface area contributed by atoms with Crippen molar-refractivity contribution in [2.24, 2.45) is 11.8 Å². The fourth-order valence-corrected chi connectivity index (χ4v) is 6.30. The van der Waals surface area contributed by atoms with Gasteiger partial charge < -0.3 is 19.9 Å². The highest BCUT2D eigenvalue weighted by Gasteiger charge is 2.48. The van der Waals surface area contributed by atoms with Crippen LogP contribution in [0.15, 0.2) is 47.1 Å². The number of halogens is 1. The number of nitrogens with one attached hydrogen (secondary N) is 2. The summed E-state index contributed by atoms with van der Waals surface area (Å²) < 4.78 is 5.87. The molecule has 7 nitrogen and oxygen atoms in total. The number of rotatable bonds is 5. The predicted molar refractivity (Wildman–Crippen MR) is 143 cm³/mol. The monoisotopic (exact) mass is 552 g/mol. The highest BCUT2D eigenvalue weighted by Crippen LogP contribution is 2.46. The van der Waals surface area contributed by atoms with Gasteiger partial charge >= 0.3 is 6.09 Å². The lowest BCUT2D eigenvalue weighted by atomic mass is 9.84. The summed E-state index contributed by atoms with van der Waals surface area (Å²) in [4.78, 5) is 36.3. The van der Waals surface area contributed by atoms with Gasteiger partial charge in [-0.1, -0.05) is 60.8 Å². The second-order valence-corrected chi connectivity index (χ2v) is 11.3. The number of ether oxygens (including phenoxy) is 1. The third kappa shape index (κ3) is 4.75. The summed E-state index contributed by atoms with van der Waals surface area (Å²) in [5.41, 5.74) is 1.99. The van der Waals surface area contributed by atoms with Gasteiger partial charge in [0.05, 0.1) is 25.0 Å². The van der Waals surface area contributed by atoms with Crippen molar-refractivity contribution in [2.75, 3.05) is 7.11 Å². The fourth-order valence-electron chi connectivity index (χ4n) is 5.92. The van der Waals surface area contributed by atoms with Gasteiger partial charge in [0.1, 0.15) is 11.9 Å². The topological polar surface area (TPSA) is 87.3 Å². The number of H-pyrrole nitrogens is 1. The average Bonchev–Trinajstić information content (AvgIpc) is 3.51. The van der Waals surface area contributed by atoms with Gasteiger partial charge in [-0.05, 0) is 60.1 Å². The van der Waals surface area contributed by atoms with Gasteiger partial charge in [0.25, 0.3) is 0 Å². The van der Waals surface area contributed by atoms with E-state index < -0.39 is 12.1 Å². The quantitative estimate of drug-likeness (QED) is 0.394. The van der Waals surface area contributed by atoms with E-state index >= 15 is 0 Å². The van der Waals surface area contributed by atoms with E-state index in [2.05, 4.69) is 56.6 Å². The van der Waals surface area contributed by atoms with E-state index in [-0.39, 0.29) is 23.9 Å². The van der Waals surface area contributed by atoms with Gasteiger partial charge in [-0.25, -0.2) is 9.78 Å². The van der Waals surface area contributed by atoms with Crippen LogP contribution in [0.4, 0.5) is 4.79 Å². The molecule has 1 aromatic heterocycles. The van der Waals surface area contributed by atoms with Crippen molar-refractivity contribution in [1.29, 1.82) is 0 Å². The zero-order valence-corrected chi connectivity index (χ0v) is 22.5. The number of benzene rings is 2. The van der Waals surface area contributed by atoms with E-state index in [4.69, 9.17) is 9.72 Å². The SMILES string of the molecule is COC(=O)N[C@H](C(=O)N1[C@H](c2ncc(-c3ccc4cc(Br)ccc4c3)[nH]2)C[C@@H]2CCCC[C@@H]21)C(C)C. The predicted octanol–water partition coefficient (Wildman–Crippen LogP) is 6.21. The number of hydrogen-bond acceptors (Lipinski definition) is 4. The third-order valence-corrected chi connectivity index (χ3v) is 8.25. The Morgan fingerprint density at radius 1 is 1.14 bits per heavy atom. The third-order valence-electron chi connectivity index (χ3n) is 7.76. The Balaban J connectivity index is 1.46. The highest BCUT2D eigenvalue weighted by atomic mass is 79.9. The number of carbonyl (C=O) groups excluding carboxylic acids is 2. The molecule has 2 heterocycles. The number of methoxy groups -OCH3 is 1. The average molecular weight is 554 g/mol. The molecule has 1 saturated heterocycles. The van der Waals surface area contributed by atoms with Gasteiger partial charge in [-0.15, -0.1) is 0 Å². The van der Waals surface area contributed by atoms with E-state index in [1.807, 2.05) is 31.0 Å². The Hall–Kier alpha value is -2.87. The minimum absolute atomic E-state index is 0.0518. The van der Waals surface area contributed by atoms with Crippen molar-refractivity contribution in [3.05, 3.63) is 52.9 Å². The van der Waals surface area contributed by atoms with Gasteiger partial charge in [-0.2, -0.15) is 0 Å². The Labute approximate surface area is 220 Å². The van der Waals surface area contributed by atoms with E-state index in [0.29, 0.717) is 5.92 Å². The summed E-state index contributed by atoms with van der Waals surface area (Å²) in [6.45, 7) is 3.90. The van der Waals surface area contributed by atoms with Crippen LogP contribution >= 0.6 is 15.9 Å². The van der Waals surface area contributed by atoms with Crippen molar-refractivity contribution in [3.63, 3.8) is 0 Å². The molecular formula is C28H33BrN4O3. The Morgan fingerprint density at radius 2 is 1.89 bits per heavy atom. The van der Waals surface area contributed by atoms with Crippen molar-refractivity contribution < 1.29 is 14.3 Å². The minimum Gasteiger partial charge on any atom is -0.453 e. The first kappa shape index (κ1) is 24.8. The second kappa shape index (κ2) is 10.2. The first-order valence-electron chi connectivity index (χ1n) is 12.8. The lowest BCUT2D eigenvalue weighted by molar-refractivity contribution is -0.138. The van der Waals surface area contributed by atoms with Crippen LogP contribution < -0.4 is 5.32 Å². The van der Waals surface area contributed by atoms with Crippen LogP contribution in [0.1, 0.15) is 57.8 Å². The van der Waals surface area contributed by atoms with Crippen LogP contribution in [0.5, 0.6) is 0 Å². The first-order valence-corrected chi connectivity index (χ1v) is 13.6. The maximum Gasteiger partial charge on any atom is 0.407 e. The molecule has 1 aliphatic heterocycles. The van der Waals surface area contributed by atoms with E-state index in [0.717, 1.165) is 52.6 Å². The number of hydrogen-bond donors (Lipinski definition) is 2. The van der Waals surface area contributed by atoms with Gasteiger partial charge in [-0.3, -0.25) is 4.79 Å². The minimum atomic E-state index is -0.644. The van der Waals surface area contributed by atoms with Gasteiger partial charge in [0.2, 0.25) is 5.91 Å². The van der Waals surface area contributed by atoms with Crippen molar-refractivity contribution in [2.45, 2.75) is 64.1 Å². The van der Waals surface area contributed by atoms with Crippen LogP contribution in [0.25, 0.3) is 22.0 Å². The van der Waals surface area contributed by atoms with Crippen molar-refractivity contribution in [3.8, 4) is 11.3 Å². The summed E-state index contributed by atoms with van der Waals surface area (Å²) in [5.74, 6) is 1.14. The van der Waals surface area contributed by atoms with Crippen molar-refractivity contribution >= 4 is 38.7 Å². The first-order chi connectivity index (χ1) is 17.4. The summed E-state index contributed by atoms with van der Waals surface area (Å²) in [6.07, 6.45) is 6.59. The smallest absolute Gasteiger partial charge is 0.407 e. The van der Waals surface area contributed by atoms with Crippen molar-refractivity contribution in [1.82, 2.24) is 20.2 Å². The fraction of sp³-hybridized carbons (Fsp3) is 0.464. The molecule has 0 spiro atoms. The molecule has 3 aromatic rings. The molecule has 0 radical (unpaired) electrons. The molecule has 0 bridgehead atoms. The van der Waals surface area contributed by atoms with E-state index in [1.54, 1.807) is 0 Å². The molecule has 36 heavy (non-hydrogen) atoms. The number of carbonyl (C=O) groups is 2. The number of fused-ring (bicyclic) bond motifs is 2. The zero-order valence-electron chi connectivity index (χ0n) is 21.0. The largest absolute Gasteiger partial charge is 0.453 e. The number of aromatic nitrogens is 2. The highest BCUT2D eigenvalue weighted by molar-refractivity contribution is 9.10. The number of aromatic amines is 1. The van der Waals surface area contributed by atoms with Crippen LogP contribution in [0.3, 0.4) is 0 Å². The number of imidazole rings is 1. The molecule has 5 rings (SSSR count). The number of likely N-dealkylation sites (tertiary alicyclic amines) is 1. The molecular weight excluding hydrogens is 520 g/mol. The lowest BCUT2D eigenvalue weighted by Gasteiger charge is -2.36. The molecule has 190 valence electrons. The maximum absolute atomic E-state index is 13.9. The maximum atomic E-state index is 13.9. The van der Waals surface area contributed by atoms with Crippen LogP contribution in [-0.2, 0) is 9.53 Å². The molecule has 2 aromatic carbocycles. The number of amides is 2. The normalized spacial score (nSPS) is 22.5. The van der Waals surface area contributed by atoms with E-state index in [1.165, 1.54) is 18.9 Å². The Morgan fingerprint density at radius 3 is 2.67 bits per heavy atom. The lowest BCUT2D eigenvalue weighted by Crippen LogP contribution is -2.53. The zero-order chi connectivity index (χ0) is 25.4. The molecule has 1 saturated carbocycles. The number of nitrogens with zero attached hydrogens (tertiary/aromatic N) is 2. The van der Waals surface area contributed by atoms with Crippen LogP contribution in [0.2, 0.25) is 0 Å². The Kier molecular flexibility index (Phi) is 7.06. The van der Waals surface area contributed by atoms with E-state index in [9.17, 15) is 9.59 Å².